The minimum Gasteiger partial charge on any atom is -0.494 e. The molecule has 2 aromatic rings. The van der Waals surface area contributed by atoms with E-state index in [-0.39, 0.29) is 10.6 Å². The van der Waals surface area contributed by atoms with E-state index >= 15 is 0 Å². The quantitative estimate of drug-likeness (QED) is 0.785. The lowest BCUT2D eigenvalue weighted by molar-refractivity contribution is -0.111. The number of rotatable bonds is 6. The monoisotopic (exact) mass is 378 g/mol. The average molecular weight is 378 g/mol. The van der Waals surface area contributed by atoms with E-state index in [0.717, 1.165) is 4.31 Å². The maximum atomic E-state index is 13.6. The smallest absolute Gasteiger partial charge is 0.248 e. The molecule has 0 aliphatic carbocycles. The van der Waals surface area contributed by atoms with Crippen LogP contribution in [0.3, 0.4) is 0 Å². The predicted octanol–water partition coefficient (Wildman–Crippen LogP) is 2.74. The predicted molar refractivity (Wildman–Crippen MR) is 97.9 cm³/mol. The Morgan fingerprint density at radius 3 is 2.54 bits per heavy atom. The Hall–Kier alpha value is -2.71. The van der Waals surface area contributed by atoms with Crippen LogP contribution in [-0.2, 0) is 14.8 Å². The molecule has 0 fully saturated rings. The summed E-state index contributed by atoms with van der Waals surface area (Å²) in [6, 6.07) is 10.2. The second-order valence-corrected chi connectivity index (χ2v) is 7.68. The van der Waals surface area contributed by atoms with E-state index in [2.05, 4.69) is 5.32 Å². The van der Waals surface area contributed by atoms with Crippen molar-refractivity contribution in [2.75, 3.05) is 26.5 Å². The number of nitrogens with one attached hydrogen (secondary N) is 1. The number of halogens is 1. The fourth-order valence-corrected chi connectivity index (χ4v) is 3.04. The molecule has 0 aliphatic heterocycles. The summed E-state index contributed by atoms with van der Waals surface area (Å²) in [5, 5.41) is 2.57. The van der Waals surface area contributed by atoms with Crippen LogP contribution in [-0.4, -0.2) is 39.8 Å². The Morgan fingerprint density at radius 1 is 1.19 bits per heavy atom. The zero-order valence-electron chi connectivity index (χ0n) is 14.6. The minimum atomic E-state index is -3.59. The minimum absolute atomic E-state index is 0.0708. The van der Waals surface area contributed by atoms with Gasteiger partial charge in [0.1, 0.15) is 0 Å². The van der Waals surface area contributed by atoms with Gasteiger partial charge in [0, 0.05) is 25.9 Å². The van der Waals surface area contributed by atoms with Gasteiger partial charge < -0.3 is 10.1 Å². The number of carbonyl (C=O) groups is 1. The average Bonchev–Trinajstić information content (AvgIpc) is 2.60. The van der Waals surface area contributed by atoms with Crippen LogP contribution in [0.1, 0.15) is 5.56 Å². The van der Waals surface area contributed by atoms with Crippen molar-refractivity contribution >= 4 is 27.7 Å². The normalized spacial score (nSPS) is 11.7. The molecule has 0 aliphatic rings. The van der Waals surface area contributed by atoms with E-state index in [1.54, 1.807) is 12.1 Å². The fourth-order valence-electron chi connectivity index (χ4n) is 2.09. The zero-order chi connectivity index (χ0) is 19.3. The van der Waals surface area contributed by atoms with Crippen molar-refractivity contribution in [1.29, 1.82) is 0 Å². The van der Waals surface area contributed by atoms with Crippen molar-refractivity contribution in [2.45, 2.75) is 4.90 Å². The number of ether oxygens (including phenoxy) is 1. The highest BCUT2D eigenvalue weighted by Crippen LogP contribution is 2.19. The first-order valence-electron chi connectivity index (χ1n) is 7.59. The van der Waals surface area contributed by atoms with Crippen LogP contribution in [0.2, 0.25) is 0 Å². The first-order chi connectivity index (χ1) is 12.2. The Labute approximate surface area is 151 Å². The highest BCUT2D eigenvalue weighted by Gasteiger charge is 2.17. The van der Waals surface area contributed by atoms with Gasteiger partial charge in [0.05, 0.1) is 12.0 Å². The van der Waals surface area contributed by atoms with E-state index < -0.39 is 21.7 Å². The summed E-state index contributed by atoms with van der Waals surface area (Å²) in [6.45, 7) is 0. The molecule has 8 heteroatoms. The third-order valence-corrected chi connectivity index (χ3v) is 5.29. The second-order valence-electron chi connectivity index (χ2n) is 5.53. The maximum Gasteiger partial charge on any atom is 0.248 e. The largest absolute Gasteiger partial charge is 0.494 e. The summed E-state index contributed by atoms with van der Waals surface area (Å²) in [4.78, 5) is 12.1. The van der Waals surface area contributed by atoms with Gasteiger partial charge >= 0.3 is 0 Å². The number of amides is 1. The first-order valence-corrected chi connectivity index (χ1v) is 9.03. The van der Waals surface area contributed by atoms with Gasteiger partial charge in [0.25, 0.3) is 0 Å². The Balaban J connectivity index is 2.12. The number of methoxy groups -OCH3 is 1. The van der Waals surface area contributed by atoms with E-state index in [4.69, 9.17) is 4.74 Å². The second kappa shape index (κ2) is 8.11. The molecule has 6 nitrogen and oxygen atoms in total. The molecule has 0 bridgehead atoms. The van der Waals surface area contributed by atoms with Gasteiger partial charge in [0.2, 0.25) is 15.9 Å². The SMILES string of the molecule is COc1ccc(/C=C/C(=O)Nc2cccc(S(=O)(=O)N(C)C)c2)cc1F. The van der Waals surface area contributed by atoms with Gasteiger partial charge in [0.15, 0.2) is 11.6 Å². The molecule has 0 unspecified atom stereocenters. The molecule has 138 valence electrons. The van der Waals surface area contributed by atoms with Gasteiger partial charge in [-0.05, 0) is 42.0 Å². The molecule has 1 amide bonds. The number of benzene rings is 2. The standard InChI is InChI=1S/C18H19FN2O4S/c1-21(2)26(23,24)15-6-4-5-14(12-15)20-18(22)10-8-13-7-9-17(25-3)16(19)11-13/h4-12H,1-3H3,(H,20,22)/b10-8+. The zero-order valence-corrected chi connectivity index (χ0v) is 15.4. The summed E-state index contributed by atoms with van der Waals surface area (Å²) in [6.07, 6.45) is 2.67. The van der Waals surface area contributed by atoms with Gasteiger partial charge in [-0.2, -0.15) is 0 Å². The Kier molecular flexibility index (Phi) is 6.12. The van der Waals surface area contributed by atoms with E-state index in [1.807, 2.05) is 0 Å². The molecule has 0 spiro atoms. The van der Waals surface area contributed by atoms with Crippen molar-refractivity contribution in [3.05, 3.63) is 59.9 Å². The molecule has 26 heavy (non-hydrogen) atoms. The number of hydrogen-bond donors (Lipinski definition) is 1. The van der Waals surface area contributed by atoms with Crippen molar-refractivity contribution in [3.8, 4) is 5.75 Å². The van der Waals surface area contributed by atoms with E-state index in [9.17, 15) is 17.6 Å². The summed E-state index contributed by atoms with van der Waals surface area (Å²) < 4.78 is 43.8. The lowest BCUT2D eigenvalue weighted by Gasteiger charge is -2.12. The van der Waals surface area contributed by atoms with Gasteiger partial charge in [-0.1, -0.05) is 12.1 Å². The summed E-state index contributed by atoms with van der Waals surface area (Å²) >= 11 is 0. The summed E-state index contributed by atoms with van der Waals surface area (Å²) in [7, 11) is 0.631. The number of sulfonamides is 1. The molecular weight excluding hydrogens is 359 g/mol. The molecule has 2 rings (SSSR count). The van der Waals surface area contributed by atoms with E-state index in [1.165, 1.54) is 63.7 Å². The van der Waals surface area contributed by atoms with Crippen LogP contribution in [0, 0.1) is 5.82 Å². The lowest BCUT2D eigenvalue weighted by Crippen LogP contribution is -2.22. The van der Waals surface area contributed by atoms with Gasteiger partial charge in [-0.15, -0.1) is 0 Å². The molecule has 0 aromatic heterocycles. The first kappa shape index (κ1) is 19.6. The fraction of sp³-hybridized carbons (Fsp3) is 0.167. The maximum absolute atomic E-state index is 13.6. The van der Waals surface area contributed by atoms with Crippen molar-refractivity contribution in [3.63, 3.8) is 0 Å². The number of carbonyl (C=O) groups excluding carboxylic acids is 1. The number of nitrogens with zero attached hydrogens (tertiary/aromatic N) is 1. The molecule has 0 heterocycles. The number of hydrogen-bond acceptors (Lipinski definition) is 4. The lowest BCUT2D eigenvalue weighted by atomic mass is 10.2. The molecular formula is C18H19FN2O4S. The van der Waals surface area contributed by atoms with Crippen molar-refractivity contribution in [2.24, 2.45) is 0 Å². The number of anilines is 1. The molecule has 1 N–H and O–H groups in total. The van der Waals surface area contributed by atoms with Crippen LogP contribution in [0.25, 0.3) is 6.08 Å². The van der Waals surface area contributed by atoms with Gasteiger partial charge in [-0.3, -0.25) is 4.79 Å². The highest BCUT2D eigenvalue weighted by molar-refractivity contribution is 7.89. The molecule has 2 aromatic carbocycles. The van der Waals surface area contributed by atoms with Crippen molar-refractivity contribution < 1.29 is 22.3 Å². The van der Waals surface area contributed by atoms with Crippen LogP contribution < -0.4 is 10.1 Å². The van der Waals surface area contributed by atoms with Crippen molar-refractivity contribution in [1.82, 2.24) is 4.31 Å². The third-order valence-electron chi connectivity index (χ3n) is 3.48. The molecule has 0 saturated carbocycles. The Bertz CT molecular complexity index is 940. The van der Waals surface area contributed by atoms with E-state index in [0.29, 0.717) is 11.3 Å². The Morgan fingerprint density at radius 2 is 1.92 bits per heavy atom. The van der Waals surface area contributed by atoms with Crippen LogP contribution in [0.15, 0.2) is 53.4 Å². The molecule has 0 radical (unpaired) electrons. The van der Waals surface area contributed by atoms with Crippen LogP contribution in [0.5, 0.6) is 5.75 Å². The topological polar surface area (TPSA) is 75.7 Å². The van der Waals surface area contributed by atoms with Crippen LogP contribution in [0.4, 0.5) is 10.1 Å². The summed E-state index contributed by atoms with van der Waals surface area (Å²) in [5.74, 6) is -0.886. The molecule has 0 saturated heterocycles. The van der Waals surface area contributed by atoms with Crippen LogP contribution >= 0.6 is 0 Å². The third kappa shape index (κ3) is 4.68. The van der Waals surface area contributed by atoms with Gasteiger partial charge in [-0.25, -0.2) is 17.1 Å². The highest BCUT2D eigenvalue weighted by atomic mass is 32.2. The summed E-state index contributed by atoms with van der Waals surface area (Å²) in [5.41, 5.74) is 0.825. The molecule has 0 atom stereocenters.